The number of ketones is 2. The molecule has 0 saturated heterocycles. The van der Waals surface area contributed by atoms with Crippen molar-refractivity contribution in [2.24, 2.45) is 0 Å². The molecule has 0 aliphatic heterocycles. The molecule has 2 aromatic carbocycles. The number of hydrogen-bond acceptors (Lipinski definition) is 4. The van der Waals surface area contributed by atoms with Crippen molar-refractivity contribution in [1.82, 2.24) is 5.32 Å². The molecule has 0 heterocycles. The molecule has 0 aromatic heterocycles. The highest BCUT2D eigenvalue weighted by Gasteiger charge is 2.24. The Balaban J connectivity index is 1.74. The van der Waals surface area contributed by atoms with Crippen molar-refractivity contribution < 1.29 is 9.59 Å². The van der Waals surface area contributed by atoms with E-state index < -0.39 is 0 Å². The minimum atomic E-state index is -0.134. The van der Waals surface area contributed by atoms with Gasteiger partial charge in [-0.1, -0.05) is 36.4 Å². The largest absolute Gasteiger partial charge is 0.378 e. The maximum absolute atomic E-state index is 12.4. The average Bonchev–Trinajstić information content (AvgIpc) is 2.57. The molecule has 1 aliphatic carbocycles. The van der Waals surface area contributed by atoms with Crippen LogP contribution in [0, 0.1) is 0 Å². The number of carbonyl (C=O) groups is 2. The lowest BCUT2D eigenvalue weighted by molar-refractivity contribution is 0.0978. The van der Waals surface area contributed by atoms with Crippen molar-refractivity contribution >= 4 is 17.3 Å². The Morgan fingerprint density at radius 1 is 0.913 bits per heavy atom. The van der Waals surface area contributed by atoms with Crippen molar-refractivity contribution in [2.75, 3.05) is 19.0 Å². The summed E-state index contributed by atoms with van der Waals surface area (Å²) in [6, 6.07) is 15.0. The number of nitrogens with zero attached hydrogens (tertiary/aromatic N) is 1. The molecular weight excluding hydrogens is 288 g/mol. The molecule has 4 heteroatoms. The van der Waals surface area contributed by atoms with Crippen LogP contribution in [0.2, 0.25) is 0 Å². The number of benzene rings is 2. The van der Waals surface area contributed by atoms with Gasteiger partial charge in [0.25, 0.3) is 0 Å². The van der Waals surface area contributed by atoms with Crippen LogP contribution in [0.5, 0.6) is 0 Å². The van der Waals surface area contributed by atoms with Gasteiger partial charge in [0.2, 0.25) is 5.78 Å². The van der Waals surface area contributed by atoms with E-state index in [1.165, 1.54) is 6.08 Å². The van der Waals surface area contributed by atoms with Crippen LogP contribution < -0.4 is 10.2 Å². The Morgan fingerprint density at radius 2 is 1.57 bits per heavy atom. The maximum atomic E-state index is 12.4. The fraction of sp³-hybridized carbons (Fsp3) is 0.158. The van der Waals surface area contributed by atoms with Crippen LogP contribution in [-0.4, -0.2) is 25.7 Å². The average molecular weight is 306 g/mol. The summed E-state index contributed by atoms with van der Waals surface area (Å²) in [5, 5.41) is 3.08. The van der Waals surface area contributed by atoms with Gasteiger partial charge in [-0.25, -0.2) is 0 Å². The molecule has 0 amide bonds. The Bertz CT molecular complexity index is 789. The van der Waals surface area contributed by atoms with Gasteiger partial charge in [-0.05, 0) is 17.7 Å². The lowest BCUT2D eigenvalue weighted by Gasteiger charge is -2.17. The summed E-state index contributed by atoms with van der Waals surface area (Å²) in [6.45, 7) is 0.501. The minimum absolute atomic E-state index is 0.134. The number of fused-ring (bicyclic) bond motifs is 1. The number of nitrogens with one attached hydrogen (secondary N) is 1. The zero-order chi connectivity index (χ0) is 16.4. The van der Waals surface area contributed by atoms with E-state index in [9.17, 15) is 9.59 Å². The molecule has 0 atom stereocenters. The van der Waals surface area contributed by atoms with Crippen LogP contribution in [0.25, 0.3) is 0 Å². The van der Waals surface area contributed by atoms with Crippen molar-refractivity contribution in [1.29, 1.82) is 0 Å². The highest BCUT2D eigenvalue weighted by molar-refractivity contribution is 6.24. The molecule has 0 spiro atoms. The molecule has 23 heavy (non-hydrogen) atoms. The molecule has 0 bridgehead atoms. The monoisotopic (exact) mass is 306 g/mol. The van der Waals surface area contributed by atoms with Gasteiger partial charge in [-0.15, -0.1) is 0 Å². The second-order valence-corrected chi connectivity index (χ2v) is 5.71. The third kappa shape index (κ3) is 3.01. The summed E-state index contributed by atoms with van der Waals surface area (Å²) in [6.07, 6.45) is 1.39. The predicted octanol–water partition coefficient (Wildman–Crippen LogP) is 2.81. The van der Waals surface area contributed by atoms with E-state index in [4.69, 9.17) is 0 Å². The standard InChI is InChI=1S/C19H18N2O2/c1-21(2)14-9-7-13(8-10-14)12-20-17-11-18(22)15-5-3-4-6-16(15)19(17)23/h3-11,20H,12H2,1-2H3. The Labute approximate surface area is 135 Å². The summed E-state index contributed by atoms with van der Waals surface area (Å²) in [4.78, 5) is 26.6. The first-order valence-electron chi connectivity index (χ1n) is 7.46. The van der Waals surface area contributed by atoms with E-state index in [1.807, 2.05) is 43.3 Å². The Morgan fingerprint density at radius 3 is 2.22 bits per heavy atom. The van der Waals surface area contributed by atoms with Crippen molar-refractivity contribution in [3.8, 4) is 0 Å². The molecule has 3 rings (SSSR count). The quantitative estimate of drug-likeness (QED) is 0.943. The molecule has 116 valence electrons. The summed E-state index contributed by atoms with van der Waals surface area (Å²) in [5.41, 5.74) is 3.45. The lowest BCUT2D eigenvalue weighted by Crippen LogP contribution is -2.26. The first-order valence-corrected chi connectivity index (χ1v) is 7.46. The van der Waals surface area contributed by atoms with Crippen molar-refractivity contribution in [3.05, 3.63) is 77.0 Å². The fourth-order valence-corrected chi connectivity index (χ4v) is 2.56. The Hall–Kier alpha value is -2.88. The van der Waals surface area contributed by atoms with Crippen LogP contribution in [0.3, 0.4) is 0 Å². The molecule has 0 unspecified atom stereocenters. The zero-order valence-corrected chi connectivity index (χ0v) is 13.2. The number of carbonyl (C=O) groups excluding carboxylic acids is 2. The second-order valence-electron chi connectivity index (χ2n) is 5.71. The van der Waals surface area contributed by atoms with Gasteiger partial charge in [-0.2, -0.15) is 0 Å². The van der Waals surface area contributed by atoms with Gasteiger partial charge in [0, 0.05) is 43.5 Å². The van der Waals surface area contributed by atoms with E-state index in [0.29, 0.717) is 23.4 Å². The van der Waals surface area contributed by atoms with E-state index in [2.05, 4.69) is 5.32 Å². The molecule has 1 N–H and O–H groups in total. The van der Waals surface area contributed by atoms with Gasteiger partial charge in [0.05, 0.1) is 5.70 Å². The van der Waals surface area contributed by atoms with E-state index in [1.54, 1.807) is 24.3 Å². The third-order valence-electron chi connectivity index (χ3n) is 3.89. The smallest absolute Gasteiger partial charge is 0.209 e. The highest BCUT2D eigenvalue weighted by Crippen LogP contribution is 2.20. The number of allylic oxidation sites excluding steroid dienone is 2. The first kappa shape index (κ1) is 15.0. The number of Topliss-reactive ketones (excluding diaryl/α,β-unsaturated/α-hetero) is 1. The van der Waals surface area contributed by atoms with Crippen LogP contribution in [0.1, 0.15) is 26.3 Å². The fourth-order valence-electron chi connectivity index (χ4n) is 2.56. The normalized spacial score (nSPS) is 13.4. The van der Waals surface area contributed by atoms with Crippen molar-refractivity contribution in [3.63, 3.8) is 0 Å². The maximum Gasteiger partial charge on any atom is 0.209 e. The summed E-state index contributed by atoms with van der Waals surface area (Å²) in [5.74, 6) is -0.268. The lowest BCUT2D eigenvalue weighted by atomic mass is 9.92. The van der Waals surface area contributed by atoms with E-state index in [0.717, 1.165) is 11.3 Å². The summed E-state index contributed by atoms with van der Waals surface area (Å²) in [7, 11) is 3.98. The minimum Gasteiger partial charge on any atom is -0.378 e. The summed E-state index contributed by atoms with van der Waals surface area (Å²) < 4.78 is 0. The summed E-state index contributed by atoms with van der Waals surface area (Å²) >= 11 is 0. The van der Waals surface area contributed by atoms with Crippen LogP contribution in [0.4, 0.5) is 5.69 Å². The second kappa shape index (κ2) is 6.08. The number of rotatable bonds is 4. The Kier molecular flexibility index (Phi) is 3.98. The molecular formula is C19H18N2O2. The van der Waals surface area contributed by atoms with Gasteiger partial charge < -0.3 is 10.2 Å². The third-order valence-corrected chi connectivity index (χ3v) is 3.89. The van der Waals surface area contributed by atoms with Crippen LogP contribution >= 0.6 is 0 Å². The number of hydrogen-bond donors (Lipinski definition) is 1. The van der Waals surface area contributed by atoms with Gasteiger partial charge in [0.15, 0.2) is 5.78 Å². The van der Waals surface area contributed by atoms with Crippen LogP contribution in [-0.2, 0) is 6.54 Å². The van der Waals surface area contributed by atoms with E-state index >= 15 is 0 Å². The van der Waals surface area contributed by atoms with Gasteiger partial charge in [0.1, 0.15) is 0 Å². The van der Waals surface area contributed by atoms with Gasteiger partial charge in [-0.3, -0.25) is 9.59 Å². The topological polar surface area (TPSA) is 49.4 Å². The SMILES string of the molecule is CN(C)c1ccc(CNC2=CC(=O)c3ccccc3C2=O)cc1. The first-order chi connectivity index (χ1) is 11.1. The molecule has 4 nitrogen and oxygen atoms in total. The number of anilines is 1. The molecule has 2 aromatic rings. The van der Waals surface area contributed by atoms with Gasteiger partial charge >= 0.3 is 0 Å². The molecule has 0 saturated carbocycles. The highest BCUT2D eigenvalue weighted by atomic mass is 16.1. The van der Waals surface area contributed by atoms with Crippen LogP contribution in [0.15, 0.2) is 60.3 Å². The zero-order valence-electron chi connectivity index (χ0n) is 13.2. The van der Waals surface area contributed by atoms with E-state index in [-0.39, 0.29) is 11.6 Å². The molecule has 1 aliphatic rings. The molecule has 0 radical (unpaired) electrons. The van der Waals surface area contributed by atoms with Crippen molar-refractivity contribution in [2.45, 2.75) is 6.54 Å². The molecule has 0 fully saturated rings. The predicted molar refractivity (Wildman–Crippen MR) is 90.8 cm³/mol.